The van der Waals surface area contributed by atoms with Gasteiger partial charge in [-0.2, -0.15) is 0 Å². The van der Waals surface area contributed by atoms with Crippen molar-refractivity contribution in [2.24, 2.45) is 11.8 Å². The van der Waals surface area contributed by atoms with Crippen LogP contribution in [0.2, 0.25) is 0 Å². The average Bonchev–Trinajstić information content (AvgIpc) is 2.17. The Kier molecular flexibility index (Phi) is 3.42. The first-order valence-corrected chi connectivity index (χ1v) is 6.00. The highest BCUT2D eigenvalue weighted by atomic mass is 15.1. The molecule has 1 saturated heterocycles. The fourth-order valence-corrected chi connectivity index (χ4v) is 2.76. The van der Waals surface area contributed by atoms with Crippen molar-refractivity contribution in [3.05, 3.63) is 35.9 Å². The minimum atomic E-state index is 0.859. The van der Waals surface area contributed by atoms with Crippen LogP contribution in [0.1, 0.15) is 25.8 Å². The predicted octanol–water partition coefficient (Wildman–Crippen LogP) is 3.16. The zero-order valence-corrected chi connectivity index (χ0v) is 9.82. The molecule has 82 valence electrons. The molecule has 2 rings (SSSR count). The molecule has 0 aromatic heterocycles. The highest BCUT2D eigenvalue weighted by Gasteiger charge is 2.21. The zero-order chi connectivity index (χ0) is 10.7. The molecular weight excluding hydrogens is 182 g/mol. The van der Waals surface area contributed by atoms with Crippen LogP contribution in [0.4, 0.5) is 0 Å². The van der Waals surface area contributed by atoms with Crippen LogP contribution in [0, 0.1) is 11.8 Å². The van der Waals surface area contributed by atoms with E-state index in [2.05, 4.69) is 49.1 Å². The van der Waals surface area contributed by atoms with Gasteiger partial charge in [-0.05, 0) is 23.8 Å². The first-order chi connectivity index (χ1) is 7.24. The van der Waals surface area contributed by atoms with E-state index >= 15 is 0 Å². The topological polar surface area (TPSA) is 3.24 Å². The summed E-state index contributed by atoms with van der Waals surface area (Å²) in [6, 6.07) is 10.8. The molecule has 0 amide bonds. The number of likely N-dealkylation sites (tertiary alicyclic amines) is 1. The van der Waals surface area contributed by atoms with Gasteiger partial charge in [0, 0.05) is 19.6 Å². The van der Waals surface area contributed by atoms with E-state index in [1.807, 2.05) is 0 Å². The summed E-state index contributed by atoms with van der Waals surface area (Å²) < 4.78 is 0. The molecule has 1 aromatic rings. The minimum Gasteiger partial charge on any atom is -0.299 e. The van der Waals surface area contributed by atoms with E-state index < -0.39 is 0 Å². The number of nitrogens with zero attached hydrogens (tertiary/aromatic N) is 1. The van der Waals surface area contributed by atoms with Gasteiger partial charge in [0.15, 0.2) is 0 Å². The summed E-state index contributed by atoms with van der Waals surface area (Å²) in [6.07, 6.45) is 1.39. The van der Waals surface area contributed by atoms with Crippen molar-refractivity contribution in [1.29, 1.82) is 0 Å². The van der Waals surface area contributed by atoms with Crippen molar-refractivity contribution >= 4 is 0 Å². The third kappa shape index (κ3) is 3.07. The first kappa shape index (κ1) is 10.7. The maximum atomic E-state index is 2.59. The third-order valence-corrected chi connectivity index (χ3v) is 3.19. The van der Waals surface area contributed by atoms with Crippen LogP contribution in [0.15, 0.2) is 30.3 Å². The number of hydrogen-bond acceptors (Lipinski definition) is 1. The molecule has 0 radical (unpaired) electrons. The molecule has 1 aromatic carbocycles. The van der Waals surface area contributed by atoms with Crippen LogP contribution in [0.3, 0.4) is 0 Å². The van der Waals surface area contributed by atoms with Crippen molar-refractivity contribution in [1.82, 2.24) is 4.90 Å². The van der Waals surface area contributed by atoms with Crippen LogP contribution in [0.25, 0.3) is 0 Å². The molecule has 1 aliphatic rings. The van der Waals surface area contributed by atoms with E-state index in [1.54, 1.807) is 0 Å². The largest absolute Gasteiger partial charge is 0.299 e. The second-order valence-corrected chi connectivity index (χ2v) is 5.13. The summed E-state index contributed by atoms with van der Waals surface area (Å²) in [5, 5.41) is 0. The Morgan fingerprint density at radius 2 is 1.67 bits per heavy atom. The normalized spacial score (nSPS) is 27.9. The van der Waals surface area contributed by atoms with Gasteiger partial charge in [-0.1, -0.05) is 44.2 Å². The Labute approximate surface area is 93.1 Å². The Morgan fingerprint density at radius 3 is 2.27 bits per heavy atom. The van der Waals surface area contributed by atoms with E-state index in [4.69, 9.17) is 0 Å². The molecule has 1 heteroatoms. The average molecular weight is 203 g/mol. The molecule has 0 saturated carbocycles. The smallest absolute Gasteiger partial charge is 0.0233 e. The van der Waals surface area contributed by atoms with E-state index in [0.29, 0.717) is 0 Å². The lowest BCUT2D eigenvalue weighted by Gasteiger charge is -2.34. The molecule has 1 fully saturated rings. The van der Waals surface area contributed by atoms with Gasteiger partial charge in [0.2, 0.25) is 0 Å². The standard InChI is InChI=1S/C14H21N/c1-12-8-13(2)10-15(9-12)11-14-6-4-3-5-7-14/h3-7,12-13H,8-11H2,1-2H3/t12-,13-/m1/s1. The lowest BCUT2D eigenvalue weighted by molar-refractivity contribution is 0.134. The van der Waals surface area contributed by atoms with Gasteiger partial charge in [-0.15, -0.1) is 0 Å². The van der Waals surface area contributed by atoms with Gasteiger partial charge in [0.1, 0.15) is 0 Å². The molecule has 15 heavy (non-hydrogen) atoms. The van der Waals surface area contributed by atoms with Gasteiger partial charge in [-0.25, -0.2) is 0 Å². The first-order valence-electron chi connectivity index (χ1n) is 6.00. The third-order valence-electron chi connectivity index (χ3n) is 3.19. The summed E-state index contributed by atoms with van der Waals surface area (Å²) in [5.74, 6) is 1.72. The molecule has 0 spiro atoms. The molecule has 1 nitrogen and oxygen atoms in total. The number of benzene rings is 1. The number of rotatable bonds is 2. The van der Waals surface area contributed by atoms with Gasteiger partial charge in [-0.3, -0.25) is 4.90 Å². The lowest BCUT2D eigenvalue weighted by Crippen LogP contribution is -2.38. The van der Waals surface area contributed by atoms with Crippen molar-refractivity contribution in [2.45, 2.75) is 26.8 Å². The van der Waals surface area contributed by atoms with Crippen molar-refractivity contribution in [3.8, 4) is 0 Å². The van der Waals surface area contributed by atoms with E-state index in [9.17, 15) is 0 Å². The van der Waals surface area contributed by atoms with E-state index in [1.165, 1.54) is 25.1 Å². The monoisotopic (exact) mass is 203 g/mol. The highest BCUT2D eigenvalue weighted by Crippen LogP contribution is 2.22. The predicted molar refractivity (Wildman–Crippen MR) is 64.7 cm³/mol. The second-order valence-electron chi connectivity index (χ2n) is 5.13. The lowest BCUT2D eigenvalue weighted by atomic mass is 9.91. The molecular formula is C14H21N. The van der Waals surface area contributed by atoms with E-state index in [-0.39, 0.29) is 0 Å². The molecule has 0 N–H and O–H groups in total. The van der Waals surface area contributed by atoms with Crippen LogP contribution in [-0.4, -0.2) is 18.0 Å². The van der Waals surface area contributed by atoms with Crippen LogP contribution < -0.4 is 0 Å². The Bertz CT molecular complexity index is 283. The fraction of sp³-hybridized carbons (Fsp3) is 0.571. The van der Waals surface area contributed by atoms with Crippen LogP contribution in [0.5, 0.6) is 0 Å². The quantitative estimate of drug-likeness (QED) is 0.713. The molecule has 1 aliphatic heterocycles. The van der Waals surface area contributed by atoms with Crippen molar-refractivity contribution in [3.63, 3.8) is 0 Å². The van der Waals surface area contributed by atoms with Gasteiger partial charge >= 0.3 is 0 Å². The summed E-state index contributed by atoms with van der Waals surface area (Å²) >= 11 is 0. The highest BCUT2D eigenvalue weighted by molar-refractivity contribution is 5.14. The van der Waals surface area contributed by atoms with Gasteiger partial charge in [0.25, 0.3) is 0 Å². The van der Waals surface area contributed by atoms with Crippen molar-refractivity contribution < 1.29 is 0 Å². The summed E-state index contributed by atoms with van der Waals surface area (Å²) in [6.45, 7) is 8.38. The molecule has 0 unspecified atom stereocenters. The molecule has 0 bridgehead atoms. The van der Waals surface area contributed by atoms with Gasteiger partial charge < -0.3 is 0 Å². The van der Waals surface area contributed by atoms with E-state index in [0.717, 1.165) is 18.4 Å². The zero-order valence-electron chi connectivity index (χ0n) is 9.82. The Balaban J connectivity index is 1.94. The maximum absolute atomic E-state index is 2.59. The molecule has 2 atom stereocenters. The fourth-order valence-electron chi connectivity index (χ4n) is 2.76. The van der Waals surface area contributed by atoms with Crippen LogP contribution in [-0.2, 0) is 6.54 Å². The molecule has 0 aliphatic carbocycles. The van der Waals surface area contributed by atoms with Gasteiger partial charge in [0.05, 0.1) is 0 Å². The summed E-state index contributed by atoms with van der Waals surface area (Å²) in [7, 11) is 0. The SMILES string of the molecule is C[C@@H]1C[C@@H](C)CN(Cc2ccccc2)C1. The Hall–Kier alpha value is -0.820. The summed E-state index contributed by atoms with van der Waals surface area (Å²) in [4.78, 5) is 2.59. The Morgan fingerprint density at radius 1 is 1.07 bits per heavy atom. The minimum absolute atomic E-state index is 0.859. The maximum Gasteiger partial charge on any atom is 0.0233 e. The number of piperidine rings is 1. The second kappa shape index (κ2) is 4.80. The molecule has 1 heterocycles. The van der Waals surface area contributed by atoms with Crippen LogP contribution >= 0.6 is 0 Å². The number of hydrogen-bond donors (Lipinski definition) is 0. The van der Waals surface area contributed by atoms with Crippen molar-refractivity contribution in [2.75, 3.05) is 13.1 Å². The summed E-state index contributed by atoms with van der Waals surface area (Å²) in [5.41, 5.74) is 1.44.